The number of aryl methyl sites for hydroxylation is 2. The van der Waals surface area contributed by atoms with E-state index in [2.05, 4.69) is 90.1 Å². The van der Waals surface area contributed by atoms with E-state index in [9.17, 15) is 0 Å². The summed E-state index contributed by atoms with van der Waals surface area (Å²) in [6, 6.07) is 18.0. The van der Waals surface area contributed by atoms with Crippen LogP contribution < -0.4 is 0 Å². The Balaban J connectivity index is 1.83. The summed E-state index contributed by atoms with van der Waals surface area (Å²) in [4.78, 5) is 1.57. The topological polar surface area (TPSA) is 0 Å². The Labute approximate surface area is 169 Å². The van der Waals surface area contributed by atoms with Gasteiger partial charge >= 0.3 is 0 Å². The van der Waals surface area contributed by atoms with Gasteiger partial charge in [-0.05, 0) is 64.7 Å². The van der Waals surface area contributed by atoms with Crippen molar-refractivity contribution in [3.8, 4) is 0 Å². The lowest BCUT2D eigenvalue weighted by molar-refractivity contribution is 0.591. The Bertz CT molecular complexity index is 886. The Morgan fingerprint density at radius 3 is 2.04 bits per heavy atom. The van der Waals surface area contributed by atoms with Crippen LogP contribution in [0.25, 0.3) is 10.1 Å². The molecule has 3 rings (SSSR count). The molecule has 0 atom stereocenters. The van der Waals surface area contributed by atoms with Gasteiger partial charge in [0, 0.05) is 9.58 Å². The van der Waals surface area contributed by atoms with Crippen LogP contribution in [0.5, 0.6) is 0 Å². The molecule has 0 bridgehead atoms. The number of hydrogen-bond acceptors (Lipinski definition) is 1. The molecule has 144 valence electrons. The lowest BCUT2D eigenvalue weighted by Crippen LogP contribution is -2.11. The molecule has 0 saturated heterocycles. The zero-order valence-corrected chi connectivity index (χ0v) is 18.7. The molecule has 0 nitrogen and oxygen atoms in total. The van der Waals surface area contributed by atoms with E-state index < -0.39 is 0 Å². The average molecular weight is 379 g/mol. The molecule has 0 N–H and O–H groups in total. The van der Waals surface area contributed by atoms with Gasteiger partial charge in [-0.25, -0.2) is 0 Å². The molecule has 0 unspecified atom stereocenters. The first-order valence-corrected chi connectivity index (χ1v) is 11.1. The molecule has 27 heavy (non-hydrogen) atoms. The van der Waals surface area contributed by atoms with Crippen molar-refractivity contribution in [3.63, 3.8) is 0 Å². The maximum Gasteiger partial charge on any atom is 0.0351 e. The number of fused-ring (bicyclic) bond motifs is 1. The molecule has 0 aliphatic rings. The number of hydrogen-bond donors (Lipinski definition) is 0. The van der Waals surface area contributed by atoms with Gasteiger partial charge < -0.3 is 0 Å². The van der Waals surface area contributed by atoms with Crippen molar-refractivity contribution >= 4 is 21.4 Å². The van der Waals surface area contributed by atoms with Crippen molar-refractivity contribution in [2.75, 3.05) is 0 Å². The quantitative estimate of drug-likeness (QED) is 0.394. The fraction of sp³-hybridized carbons (Fsp3) is 0.462. The van der Waals surface area contributed by atoms with Crippen LogP contribution in [0, 0.1) is 0 Å². The monoisotopic (exact) mass is 378 g/mol. The van der Waals surface area contributed by atoms with Gasteiger partial charge in [0.1, 0.15) is 0 Å². The van der Waals surface area contributed by atoms with E-state index in [1.165, 1.54) is 46.9 Å². The third-order valence-corrected chi connectivity index (χ3v) is 6.95. The Kier molecular flexibility index (Phi) is 5.82. The molecular weight excluding hydrogens is 344 g/mol. The summed E-state index contributed by atoms with van der Waals surface area (Å²) in [6.07, 6.45) is 4.88. The zero-order chi connectivity index (χ0) is 19.7. The average Bonchev–Trinajstić information content (AvgIpc) is 2.97. The molecule has 0 saturated carbocycles. The third-order valence-electron chi connectivity index (χ3n) is 5.33. The lowest BCUT2D eigenvalue weighted by atomic mass is 9.85. The normalized spacial score (nSPS) is 12.7. The van der Waals surface area contributed by atoms with Gasteiger partial charge in [-0.15, -0.1) is 11.3 Å². The van der Waals surface area contributed by atoms with Gasteiger partial charge in [-0.1, -0.05) is 84.0 Å². The molecule has 2 aromatic carbocycles. The molecule has 0 fully saturated rings. The van der Waals surface area contributed by atoms with Crippen molar-refractivity contribution in [2.45, 2.75) is 78.1 Å². The van der Waals surface area contributed by atoms with Gasteiger partial charge in [-0.3, -0.25) is 0 Å². The fourth-order valence-corrected chi connectivity index (χ4v) is 5.09. The molecular formula is C26H34S. The minimum atomic E-state index is 0.204. The first kappa shape index (κ1) is 20.1. The molecule has 0 aliphatic carbocycles. The molecule has 0 amide bonds. The summed E-state index contributed by atoms with van der Waals surface area (Å²) in [5, 5.41) is 1.48. The standard InChI is InChI=1S/C26H34S/c1-25(2,3)20-16-17-21-22(24(26(4,5)6)27-23(21)18-20)15-11-10-14-19-12-8-7-9-13-19/h7-9,12-13,16-18H,10-11,14-15H2,1-6H3. The van der Waals surface area contributed by atoms with Crippen LogP contribution in [0.1, 0.15) is 76.0 Å². The Morgan fingerprint density at radius 1 is 0.741 bits per heavy atom. The second kappa shape index (κ2) is 7.80. The van der Waals surface area contributed by atoms with Gasteiger partial charge in [0.2, 0.25) is 0 Å². The fourth-order valence-electron chi connectivity index (χ4n) is 3.75. The summed E-state index contributed by atoms with van der Waals surface area (Å²) in [5.74, 6) is 0. The highest BCUT2D eigenvalue weighted by atomic mass is 32.1. The zero-order valence-electron chi connectivity index (χ0n) is 17.9. The number of thiophene rings is 1. The van der Waals surface area contributed by atoms with E-state index in [4.69, 9.17) is 0 Å². The summed E-state index contributed by atoms with van der Waals surface area (Å²) >= 11 is 2.02. The van der Waals surface area contributed by atoms with Crippen molar-refractivity contribution in [1.29, 1.82) is 0 Å². The second-order valence-electron chi connectivity index (χ2n) is 9.81. The highest BCUT2D eigenvalue weighted by Crippen LogP contribution is 2.41. The molecule has 1 heteroatoms. The lowest BCUT2D eigenvalue weighted by Gasteiger charge is -2.19. The van der Waals surface area contributed by atoms with Crippen LogP contribution >= 0.6 is 11.3 Å². The molecule has 0 spiro atoms. The maximum atomic E-state index is 2.43. The number of benzene rings is 2. The van der Waals surface area contributed by atoms with Crippen molar-refractivity contribution < 1.29 is 0 Å². The van der Waals surface area contributed by atoms with Crippen LogP contribution in [-0.4, -0.2) is 0 Å². The van der Waals surface area contributed by atoms with Crippen molar-refractivity contribution in [2.24, 2.45) is 0 Å². The SMILES string of the molecule is CC(C)(C)c1ccc2c(CCCCc3ccccc3)c(C(C)(C)C)sc2c1. The molecule has 1 aromatic heterocycles. The predicted octanol–water partition coefficient (Wildman–Crippen LogP) is 8.06. The Morgan fingerprint density at radius 2 is 1.41 bits per heavy atom. The van der Waals surface area contributed by atoms with Gasteiger partial charge in [0.05, 0.1) is 0 Å². The smallest absolute Gasteiger partial charge is 0.0351 e. The first-order valence-electron chi connectivity index (χ1n) is 10.3. The largest absolute Gasteiger partial charge is 0.139 e. The van der Waals surface area contributed by atoms with Crippen LogP contribution in [-0.2, 0) is 23.7 Å². The van der Waals surface area contributed by atoms with Crippen LogP contribution in [0.2, 0.25) is 0 Å². The molecule has 0 aliphatic heterocycles. The van der Waals surface area contributed by atoms with E-state index in [1.54, 1.807) is 10.4 Å². The third kappa shape index (κ3) is 4.82. The summed E-state index contributed by atoms with van der Waals surface area (Å²) in [6.45, 7) is 14.0. The van der Waals surface area contributed by atoms with E-state index in [1.807, 2.05) is 11.3 Å². The van der Waals surface area contributed by atoms with Crippen LogP contribution in [0.4, 0.5) is 0 Å². The van der Waals surface area contributed by atoms with E-state index in [0.717, 1.165) is 0 Å². The maximum absolute atomic E-state index is 2.43. The summed E-state index contributed by atoms with van der Waals surface area (Å²) in [7, 11) is 0. The van der Waals surface area contributed by atoms with E-state index in [0.29, 0.717) is 0 Å². The second-order valence-corrected chi connectivity index (χ2v) is 10.9. The van der Waals surface area contributed by atoms with Crippen molar-refractivity contribution in [1.82, 2.24) is 0 Å². The molecule has 0 radical (unpaired) electrons. The highest BCUT2D eigenvalue weighted by molar-refractivity contribution is 7.19. The predicted molar refractivity (Wildman–Crippen MR) is 122 cm³/mol. The first-order chi connectivity index (χ1) is 12.7. The van der Waals surface area contributed by atoms with Crippen LogP contribution in [0.15, 0.2) is 48.5 Å². The molecule has 3 aromatic rings. The Hall–Kier alpha value is -1.60. The van der Waals surface area contributed by atoms with Crippen LogP contribution in [0.3, 0.4) is 0 Å². The summed E-state index contributed by atoms with van der Waals surface area (Å²) in [5.41, 5.74) is 4.90. The minimum absolute atomic E-state index is 0.204. The van der Waals surface area contributed by atoms with Gasteiger partial charge in [0.15, 0.2) is 0 Å². The van der Waals surface area contributed by atoms with E-state index >= 15 is 0 Å². The van der Waals surface area contributed by atoms with E-state index in [-0.39, 0.29) is 10.8 Å². The van der Waals surface area contributed by atoms with Crippen molar-refractivity contribution in [3.05, 3.63) is 70.1 Å². The number of unbranched alkanes of at least 4 members (excludes halogenated alkanes) is 1. The molecule has 1 heterocycles. The van der Waals surface area contributed by atoms with Gasteiger partial charge in [0.25, 0.3) is 0 Å². The number of rotatable bonds is 5. The van der Waals surface area contributed by atoms with Gasteiger partial charge in [-0.2, -0.15) is 0 Å². The summed E-state index contributed by atoms with van der Waals surface area (Å²) < 4.78 is 1.46. The highest BCUT2D eigenvalue weighted by Gasteiger charge is 2.24. The minimum Gasteiger partial charge on any atom is -0.139 e.